The lowest BCUT2D eigenvalue weighted by Crippen LogP contribution is -2.33. The number of hydrogen-bond donors (Lipinski definition) is 2. The minimum atomic E-state index is -0.980. The Kier molecular flexibility index (Phi) is 4.30. The number of amides is 1. The molecule has 0 radical (unpaired) electrons. The highest BCUT2D eigenvalue weighted by molar-refractivity contribution is 7.22. The molecule has 3 aromatic rings. The van der Waals surface area contributed by atoms with Crippen LogP contribution in [-0.2, 0) is 9.53 Å². The molecule has 132 valence electrons. The molecule has 7 heteroatoms. The first-order valence-electron chi connectivity index (χ1n) is 8.32. The van der Waals surface area contributed by atoms with Crippen LogP contribution in [0.1, 0.15) is 34.9 Å². The maximum absolute atomic E-state index is 12.6. The molecule has 1 amide bonds. The van der Waals surface area contributed by atoms with E-state index in [1.54, 1.807) is 30.3 Å². The second-order valence-corrected chi connectivity index (χ2v) is 7.28. The summed E-state index contributed by atoms with van der Waals surface area (Å²) in [6.45, 7) is 0. The van der Waals surface area contributed by atoms with Crippen LogP contribution in [0, 0.1) is 0 Å². The van der Waals surface area contributed by atoms with Crippen LogP contribution in [0.25, 0.3) is 10.2 Å². The van der Waals surface area contributed by atoms with Gasteiger partial charge in [0, 0.05) is 11.6 Å². The number of nitrogen functional groups attached to an aromatic ring is 1. The highest BCUT2D eigenvalue weighted by Crippen LogP contribution is 2.27. The average Bonchev–Trinajstić information content (AvgIpc) is 3.37. The zero-order valence-electron chi connectivity index (χ0n) is 13.8. The first-order valence-corrected chi connectivity index (χ1v) is 9.14. The number of nitrogens with one attached hydrogen (secondary N) is 1. The predicted octanol–water partition coefficient (Wildman–Crippen LogP) is 3.06. The molecule has 0 bridgehead atoms. The van der Waals surface area contributed by atoms with Gasteiger partial charge in [-0.3, -0.25) is 4.79 Å². The van der Waals surface area contributed by atoms with E-state index in [0.717, 1.165) is 23.1 Å². The summed E-state index contributed by atoms with van der Waals surface area (Å²) in [7, 11) is 0. The molecule has 2 aromatic carbocycles. The number of hydrogen-bond acceptors (Lipinski definition) is 6. The molecule has 1 unspecified atom stereocenters. The summed E-state index contributed by atoms with van der Waals surface area (Å²) in [5.74, 6) is -0.853. The lowest BCUT2D eigenvalue weighted by Gasteiger charge is -2.18. The monoisotopic (exact) mass is 367 g/mol. The van der Waals surface area contributed by atoms with E-state index in [0.29, 0.717) is 16.3 Å². The van der Waals surface area contributed by atoms with Gasteiger partial charge in [-0.1, -0.05) is 41.7 Å². The molecule has 0 aliphatic heterocycles. The number of thiazole rings is 1. The topological polar surface area (TPSA) is 94.3 Å². The predicted molar refractivity (Wildman–Crippen MR) is 99.8 cm³/mol. The maximum atomic E-state index is 12.6. The number of anilines is 1. The summed E-state index contributed by atoms with van der Waals surface area (Å²) in [4.78, 5) is 29.4. The quantitative estimate of drug-likeness (QED) is 0.676. The number of rotatable bonds is 5. The summed E-state index contributed by atoms with van der Waals surface area (Å²) in [6.07, 6.45) is 0.946. The molecule has 0 saturated heterocycles. The van der Waals surface area contributed by atoms with E-state index in [-0.39, 0.29) is 11.9 Å². The van der Waals surface area contributed by atoms with E-state index < -0.39 is 12.1 Å². The minimum Gasteiger partial charge on any atom is -0.444 e. The molecule has 4 rings (SSSR count). The summed E-state index contributed by atoms with van der Waals surface area (Å²) in [6, 6.07) is 14.2. The number of fused-ring (bicyclic) bond motifs is 1. The van der Waals surface area contributed by atoms with E-state index in [1.807, 2.05) is 18.2 Å². The van der Waals surface area contributed by atoms with Gasteiger partial charge < -0.3 is 15.8 Å². The third-order valence-electron chi connectivity index (χ3n) is 4.13. The van der Waals surface area contributed by atoms with Gasteiger partial charge in [-0.2, -0.15) is 0 Å². The molecule has 1 atom stereocenters. The van der Waals surface area contributed by atoms with Gasteiger partial charge in [-0.05, 0) is 31.0 Å². The van der Waals surface area contributed by atoms with Crippen molar-refractivity contribution in [2.24, 2.45) is 0 Å². The Morgan fingerprint density at radius 2 is 1.96 bits per heavy atom. The fourth-order valence-corrected chi connectivity index (χ4v) is 3.42. The second-order valence-electron chi connectivity index (χ2n) is 6.21. The number of benzene rings is 2. The van der Waals surface area contributed by atoms with E-state index in [1.165, 1.54) is 11.3 Å². The van der Waals surface area contributed by atoms with Crippen molar-refractivity contribution in [3.05, 3.63) is 59.7 Å². The molecule has 1 saturated carbocycles. The third-order valence-corrected chi connectivity index (χ3v) is 4.98. The fraction of sp³-hybridized carbons (Fsp3) is 0.211. The Labute approximate surface area is 154 Å². The summed E-state index contributed by atoms with van der Waals surface area (Å²) in [5, 5.41) is 3.34. The highest BCUT2D eigenvalue weighted by atomic mass is 32.1. The average molecular weight is 367 g/mol. The van der Waals surface area contributed by atoms with Crippen LogP contribution in [0.2, 0.25) is 0 Å². The number of nitrogens with zero attached hydrogens (tertiary/aromatic N) is 1. The zero-order valence-corrected chi connectivity index (χ0v) is 14.7. The van der Waals surface area contributed by atoms with Gasteiger partial charge in [0.15, 0.2) is 5.13 Å². The van der Waals surface area contributed by atoms with Gasteiger partial charge in [0.2, 0.25) is 6.10 Å². The molecule has 1 fully saturated rings. The van der Waals surface area contributed by atoms with Crippen LogP contribution in [0.15, 0.2) is 48.5 Å². The van der Waals surface area contributed by atoms with Crippen molar-refractivity contribution in [2.45, 2.75) is 25.0 Å². The summed E-state index contributed by atoms with van der Waals surface area (Å²) >= 11 is 1.30. The van der Waals surface area contributed by atoms with E-state index in [9.17, 15) is 9.59 Å². The Bertz CT molecular complexity index is 967. The van der Waals surface area contributed by atoms with Crippen molar-refractivity contribution in [1.82, 2.24) is 10.3 Å². The van der Waals surface area contributed by atoms with Gasteiger partial charge in [0.25, 0.3) is 5.91 Å². The van der Waals surface area contributed by atoms with Crippen molar-refractivity contribution >= 4 is 38.6 Å². The third kappa shape index (κ3) is 3.52. The number of aromatic nitrogens is 1. The SMILES string of the molecule is Nc1nc2ccc(C(=O)OC(C(=O)NC3CC3)c3ccccc3)cc2s1. The number of carbonyl (C=O) groups is 2. The molecular weight excluding hydrogens is 350 g/mol. The molecule has 1 aromatic heterocycles. The molecular formula is C19H17N3O3S. The zero-order chi connectivity index (χ0) is 18.1. The van der Waals surface area contributed by atoms with Gasteiger partial charge in [0.05, 0.1) is 15.8 Å². The van der Waals surface area contributed by atoms with Crippen LogP contribution >= 0.6 is 11.3 Å². The van der Waals surface area contributed by atoms with Crippen LogP contribution in [-0.4, -0.2) is 22.9 Å². The molecule has 6 nitrogen and oxygen atoms in total. The van der Waals surface area contributed by atoms with Gasteiger partial charge in [0.1, 0.15) is 0 Å². The van der Waals surface area contributed by atoms with Crippen molar-refractivity contribution in [3.63, 3.8) is 0 Å². The first-order chi connectivity index (χ1) is 12.6. The fourth-order valence-electron chi connectivity index (χ4n) is 2.65. The van der Waals surface area contributed by atoms with E-state index >= 15 is 0 Å². The van der Waals surface area contributed by atoms with Crippen LogP contribution in [0.5, 0.6) is 0 Å². The van der Waals surface area contributed by atoms with Crippen LogP contribution < -0.4 is 11.1 Å². The van der Waals surface area contributed by atoms with E-state index in [4.69, 9.17) is 10.5 Å². The largest absolute Gasteiger partial charge is 0.444 e. The Hall–Kier alpha value is -2.93. The van der Waals surface area contributed by atoms with Crippen LogP contribution in [0.4, 0.5) is 5.13 Å². The van der Waals surface area contributed by atoms with E-state index in [2.05, 4.69) is 10.3 Å². The molecule has 3 N–H and O–H groups in total. The van der Waals surface area contributed by atoms with Crippen molar-refractivity contribution in [1.29, 1.82) is 0 Å². The van der Waals surface area contributed by atoms with Gasteiger partial charge in [-0.15, -0.1) is 0 Å². The number of carbonyl (C=O) groups excluding carboxylic acids is 2. The Balaban J connectivity index is 1.58. The second kappa shape index (κ2) is 6.76. The first kappa shape index (κ1) is 16.5. The van der Waals surface area contributed by atoms with Crippen molar-refractivity contribution in [3.8, 4) is 0 Å². The Morgan fingerprint density at radius 3 is 2.69 bits per heavy atom. The van der Waals surface area contributed by atoms with Crippen molar-refractivity contribution < 1.29 is 14.3 Å². The molecule has 1 aliphatic rings. The summed E-state index contributed by atoms with van der Waals surface area (Å²) in [5.41, 5.74) is 7.44. The van der Waals surface area contributed by atoms with Gasteiger partial charge >= 0.3 is 5.97 Å². The number of ether oxygens (including phenoxy) is 1. The van der Waals surface area contributed by atoms with Crippen LogP contribution in [0.3, 0.4) is 0 Å². The molecule has 0 spiro atoms. The molecule has 1 aliphatic carbocycles. The number of esters is 1. The Morgan fingerprint density at radius 1 is 1.19 bits per heavy atom. The lowest BCUT2D eigenvalue weighted by molar-refractivity contribution is -0.130. The normalized spacial score (nSPS) is 14.8. The maximum Gasteiger partial charge on any atom is 0.339 e. The van der Waals surface area contributed by atoms with Gasteiger partial charge in [-0.25, -0.2) is 9.78 Å². The summed E-state index contributed by atoms with van der Waals surface area (Å²) < 4.78 is 6.37. The molecule has 26 heavy (non-hydrogen) atoms. The standard InChI is InChI=1S/C19H17N3O3S/c20-19-22-14-9-6-12(10-15(14)26-19)18(24)25-16(11-4-2-1-3-5-11)17(23)21-13-7-8-13/h1-6,9-10,13,16H,7-8H2,(H2,20,22)(H,21,23). The smallest absolute Gasteiger partial charge is 0.339 e. The highest BCUT2D eigenvalue weighted by Gasteiger charge is 2.31. The lowest BCUT2D eigenvalue weighted by atomic mass is 10.1. The molecule has 1 heterocycles. The van der Waals surface area contributed by atoms with Crippen molar-refractivity contribution in [2.75, 3.05) is 5.73 Å². The number of nitrogens with two attached hydrogens (primary N) is 1. The minimum absolute atomic E-state index is 0.184.